The number of rotatable bonds is 3. The molecule has 24 heavy (non-hydrogen) atoms. The summed E-state index contributed by atoms with van der Waals surface area (Å²) in [4.78, 5) is 22.3. The zero-order chi connectivity index (χ0) is 16.5. The summed E-state index contributed by atoms with van der Waals surface area (Å²) in [5.74, 6) is -0.161. The molecule has 4 rings (SSSR count). The summed E-state index contributed by atoms with van der Waals surface area (Å²) in [5.41, 5.74) is 3.11. The van der Waals surface area contributed by atoms with Crippen molar-refractivity contribution in [3.05, 3.63) is 72.6 Å². The van der Waals surface area contributed by atoms with Crippen molar-refractivity contribution in [2.24, 2.45) is 0 Å². The van der Waals surface area contributed by atoms with Gasteiger partial charge in [0.05, 0.1) is 11.0 Å². The summed E-state index contributed by atoms with van der Waals surface area (Å²) in [6.07, 6.45) is 3.29. The molecule has 0 bridgehead atoms. The van der Waals surface area contributed by atoms with Crippen molar-refractivity contribution in [1.29, 1.82) is 0 Å². The molecular formula is C19H15N3O2. The van der Waals surface area contributed by atoms with Gasteiger partial charge in [-0.2, -0.15) is 4.73 Å². The highest BCUT2D eigenvalue weighted by Crippen LogP contribution is 2.31. The van der Waals surface area contributed by atoms with Gasteiger partial charge in [-0.15, -0.1) is 0 Å². The molecule has 5 nitrogen and oxygen atoms in total. The highest BCUT2D eigenvalue weighted by atomic mass is 16.6. The fourth-order valence-electron chi connectivity index (χ4n) is 3.00. The van der Waals surface area contributed by atoms with Crippen LogP contribution in [0.4, 0.5) is 5.69 Å². The van der Waals surface area contributed by atoms with Gasteiger partial charge in [0.15, 0.2) is 0 Å². The second kappa shape index (κ2) is 5.70. The Morgan fingerprint density at radius 2 is 1.75 bits per heavy atom. The van der Waals surface area contributed by atoms with Crippen LogP contribution in [0.1, 0.15) is 10.4 Å². The minimum atomic E-state index is -0.161. The van der Waals surface area contributed by atoms with Crippen LogP contribution < -0.4 is 10.2 Å². The highest BCUT2D eigenvalue weighted by Gasteiger charge is 2.17. The number of para-hydroxylation sites is 1. The van der Waals surface area contributed by atoms with Gasteiger partial charge in [-0.25, -0.2) is 0 Å². The maximum Gasteiger partial charge on any atom is 0.256 e. The summed E-state index contributed by atoms with van der Waals surface area (Å²) in [6.45, 7) is 0. The van der Waals surface area contributed by atoms with Crippen LogP contribution in [0.3, 0.4) is 0 Å². The third-order valence-electron chi connectivity index (χ3n) is 4.02. The Kier molecular flexibility index (Phi) is 3.39. The topological polar surface area (TPSA) is 56.1 Å². The van der Waals surface area contributed by atoms with Gasteiger partial charge in [0.25, 0.3) is 5.91 Å². The highest BCUT2D eigenvalue weighted by molar-refractivity contribution is 6.20. The first-order valence-corrected chi connectivity index (χ1v) is 7.57. The molecule has 2 aromatic heterocycles. The summed E-state index contributed by atoms with van der Waals surface area (Å²) >= 11 is 0. The fourth-order valence-corrected chi connectivity index (χ4v) is 3.00. The van der Waals surface area contributed by atoms with Crippen molar-refractivity contribution in [2.45, 2.75) is 0 Å². The van der Waals surface area contributed by atoms with Crippen molar-refractivity contribution in [3.8, 4) is 0 Å². The lowest BCUT2D eigenvalue weighted by atomic mass is 10.1. The monoisotopic (exact) mass is 317 g/mol. The molecule has 0 fully saturated rings. The van der Waals surface area contributed by atoms with Crippen molar-refractivity contribution in [1.82, 2.24) is 9.71 Å². The molecule has 4 aromatic rings. The minimum absolute atomic E-state index is 0.161. The number of carbonyl (C=O) groups is 1. The molecule has 1 N–H and O–H groups in total. The lowest BCUT2D eigenvalue weighted by Crippen LogP contribution is -2.12. The second-order valence-corrected chi connectivity index (χ2v) is 5.38. The molecule has 118 valence electrons. The van der Waals surface area contributed by atoms with Crippen molar-refractivity contribution >= 4 is 33.4 Å². The molecule has 0 radical (unpaired) electrons. The number of fused-ring (bicyclic) bond motifs is 3. The molecule has 1 amide bonds. The van der Waals surface area contributed by atoms with E-state index in [0.717, 1.165) is 21.8 Å². The largest absolute Gasteiger partial charge is 0.416 e. The molecule has 0 saturated carbocycles. The Labute approximate surface area is 138 Å². The summed E-state index contributed by atoms with van der Waals surface area (Å²) in [6, 6.07) is 17.0. The smallest absolute Gasteiger partial charge is 0.256 e. The van der Waals surface area contributed by atoms with Gasteiger partial charge in [0.1, 0.15) is 7.11 Å². The standard InChI is InChI=1S/C19H15N3O2/c1-24-22-16-7-3-2-5-14(16)18-15(6-4-8-17(18)22)19(23)21-13-9-11-20-12-10-13/h2-12H,1H3,(H,20,21,23). The molecule has 0 aliphatic heterocycles. The molecule has 0 aliphatic carbocycles. The van der Waals surface area contributed by atoms with E-state index in [4.69, 9.17) is 4.84 Å². The van der Waals surface area contributed by atoms with Gasteiger partial charge >= 0.3 is 0 Å². The van der Waals surface area contributed by atoms with Gasteiger partial charge in [-0.1, -0.05) is 24.3 Å². The predicted octanol–water partition coefficient (Wildman–Crippen LogP) is 3.50. The van der Waals surface area contributed by atoms with E-state index in [2.05, 4.69) is 10.3 Å². The van der Waals surface area contributed by atoms with E-state index in [9.17, 15) is 4.79 Å². The molecule has 2 heterocycles. The molecular weight excluding hydrogens is 302 g/mol. The number of aromatic nitrogens is 2. The maximum atomic E-state index is 12.8. The first kappa shape index (κ1) is 14.3. The van der Waals surface area contributed by atoms with Gasteiger partial charge < -0.3 is 10.2 Å². The Balaban J connectivity index is 1.91. The molecule has 5 heteroatoms. The molecule has 2 aromatic carbocycles. The van der Waals surface area contributed by atoms with E-state index in [1.54, 1.807) is 36.4 Å². The quantitative estimate of drug-likeness (QED) is 0.629. The number of hydrogen-bond acceptors (Lipinski definition) is 3. The van der Waals surface area contributed by atoms with Crippen LogP contribution in [-0.2, 0) is 0 Å². The zero-order valence-corrected chi connectivity index (χ0v) is 13.1. The van der Waals surface area contributed by atoms with E-state index in [1.807, 2.05) is 42.5 Å². The Morgan fingerprint density at radius 3 is 2.54 bits per heavy atom. The maximum absolute atomic E-state index is 12.8. The summed E-state index contributed by atoms with van der Waals surface area (Å²) in [7, 11) is 1.62. The first-order valence-electron chi connectivity index (χ1n) is 7.57. The summed E-state index contributed by atoms with van der Waals surface area (Å²) < 4.78 is 1.74. The van der Waals surface area contributed by atoms with E-state index in [0.29, 0.717) is 11.3 Å². The molecule has 0 aliphatic rings. The number of amides is 1. The van der Waals surface area contributed by atoms with Crippen LogP contribution in [0.5, 0.6) is 0 Å². The van der Waals surface area contributed by atoms with Crippen LogP contribution in [0, 0.1) is 0 Å². The lowest BCUT2D eigenvalue weighted by Gasteiger charge is -2.07. The third kappa shape index (κ3) is 2.18. The van der Waals surface area contributed by atoms with Gasteiger partial charge in [-0.05, 0) is 30.3 Å². The number of anilines is 1. The van der Waals surface area contributed by atoms with Crippen LogP contribution in [0.2, 0.25) is 0 Å². The van der Waals surface area contributed by atoms with Crippen LogP contribution >= 0.6 is 0 Å². The predicted molar refractivity (Wildman–Crippen MR) is 94.1 cm³/mol. The average Bonchev–Trinajstić information content (AvgIpc) is 2.96. The minimum Gasteiger partial charge on any atom is -0.416 e. The number of benzene rings is 2. The van der Waals surface area contributed by atoms with Crippen molar-refractivity contribution in [2.75, 3.05) is 12.4 Å². The van der Waals surface area contributed by atoms with Crippen molar-refractivity contribution in [3.63, 3.8) is 0 Å². The van der Waals surface area contributed by atoms with Crippen LogP contribution in [0.15, 0.2) is 67.0 Å². The van der Waals surface area contributed by atoms with Crippen LogP contribution in [0.25, 0.3) is 21.8 Å². The van der Waals surface area contributed by atoms with Crippen molar-refractivity contribution < 1.29 is 9.63 Å². The number of carbonyl (C=O) groups excluding carboxylic acids is 1. The molecule has 0 saturated heterocycles. The fraction of sp³-hybridized carbons (Fsp3) is 0.0526. The number of nitrogens with zero attached hydrogens (tertiary/aromatic N) is 2. The Bertz CT molecular complexity index is 1040. The van der Waals surface area contributed by atoms with E-state index in [1.165, 1.54) is 0 Å². The first-order chi connectivity index (χ1) is 11.8. The van der Waals surface area contributed by atoms with Gasteiger partial charge in [0, 0.05) is 34.4 Å². The van der Waals surface area contributed by atoms with E-state index < -0.39 is 0 Å². The second-order valence-electron chi connectivity index (χ2n) is 5.38. The lowest BCUT2D eigenvalue weighted by molar-refractivity contribution is 0.102. The molecule has 0 unspecified atom stereocenters. The van der Waals surface area contributed by atoms with Gasteiger partial charge in [0.2, 0.25) is 0 Å². The van der Waals surface area contributed by atoms with Crippen LogP contribution in [-0.4, -0.2) is 22.7 Å². The molecule has 0 atom stereocenters. The normalized spacial score (nSPS) is 10.9. The Hall–Kier alpha value is -3.34. The average molecular weight is 317 g/mol. The van der Waals surface area contributed by atoms with Gasteiger partial charge in [-0.3, -0.25) is 9.78 Å². The Morgan fingerprint density at radius 1 is 1.00 bits per heavy atom. The number of hydrogen-bond donors (Lipinski definition) is 1. The zero-order valence-electron chi connectivity index (χ0n) is 13.1. The van der Waals surface area contributed by atoms with E-state index in [-0.39, 0.29) is 5.91 Å². The van der Waals surface area contributed by atoms with E-state index >= 15 is 0 Å². The number of nitrogens with one attached hydrogen (secondary N) is 1. The summed E-state index contributed by atoms with van der Waals surface area (Å²) in [5, 5.41) is 4.77. The molecule has 0 spiro atoms. The third-order valence-corrected chi connectivity index (χ3v) is 4.02. The SMILES string of the molecule is COn1c2ccccc2c2c(C(=O)Nc3ccncc3)cccc21. The number of pyridine rings is 1.